The van der Waals surface area contributed by atoms with Crippen LogP contribution in [0.15, 0.2) is 188 Å². The topological polar surface area (TPSA) is 38.7 Å². The van der Waals surface area contributed by atoms with Crippen molar-refractivity contribution < 1.29 is 0 Å². The molecule has 318 valence electrons. The highest BCUT2D eigenvalue weighted by molar-refractivity contribution is 5.91. The van der Waals surface area contributed by atoms with Crippen molar-refractivity contribution in [2.75, 3.05) is 0 Å². The Kier molecular flexibility index (Phi) is 9.34. The molecule has 4 aliphatic rings. The first-order chi connectivity index (χ1) is 32.6. The Bertz CT molecular complexity index is 3280. The van der Waals surface area contributed by atoms with Crippen LogP contribution in [0.1, 0.15) is 86.5 Å². The van der Waals surface area contributed by atoms with Gasteiger partial charge in [-0.1, -0.05) is 202 Å². The van der Waals surface area contributed by atoms with Crippen LogP contribution in [0.25, 0.3) is 89.8 Å². The molecule has 0 bridgehead atoms. The number of rotatable bonds is 6. The summed E-state index contributed by atoms with van der Waals surface area (Å²) in [7, 11) is 0. The lowest BCUT2D eigenvalue weighted by Crippen LogP contribution is -2.29. The standard InChI is InChI=1S/C63H51N3/c1-5-16-42(17-6-1)43-28-30-47(31-29-43)60-64-59(46-18-7-2-8-19-46)65-61(66-60)50-21-15-20-48(38-50)44-24-26-45(27-25-44)49-32-33-56-52(39-49)54-41-57-53(40-58(54)63(56)36-13-4-14-37-63)51-22-9-10-23-55(51)62(57)34-11-3-12-35-62/h1-2,5-10,15-33,38-41H,3-4,11-14,34-37H2. The van der Waals surface area contributed by atoms with Gasteiger partial charge in [0.15, 0.2) is 17.5 Å². The molecule has 1 heterocycles. The van der Waals surface area contributed by atoms with Crippen LogP contribution >= 0.6 is 0 Å². The van der Waals surface area contributed by atoms with Crippen molar-refractivity contribution in [2.24, 2.45) is 0 Å². The summed E-state index contributed by atoms with van der Waals surface area (Å²) in [6, 6.07) is 69.2. The second kappa shape index (κ2) is 15.7. The van der Waals surface area contributed by atoms with E-state index in [0.717, 1.165) is 33.4 Å². The second-order valence-electron chi connectivity index (χ2n) is 19.3. The molecule has 3 nitrogen and oxygen atoms in total. The maximum absolute atomic E-state index is 5.10. The third kappa shape index (κ3) is 6.35. The van der Waals surface area contributed by atoms with Crippen LogP contribution in [0.5, 0.6) is 0 Å². The van der Waals surface area contributed by atoms with Crippen LogP contribution in [-0.2, 0) is 10.8 Å². The summed E-state index contributed by atoms with van der Waals surface area (Å²) in [5.41, 5.74) is 22.6. The summed E-state index contributed by atoms with van der Waals surface area (Å²) in [4.78, 5) is 15.2. The zero-order valence-electron chi connectivity index (χ0n) is 37.3. The molecule has 0 unspecified atom stereocenters. The molecule has 2 saturated carbocycles. The summed E-state index contributed by atoms with van der Waals surface area (Å²) >= 11 is 0. The van der Waals surface area contributed by atoms with Crippen molar-refractivity contribution in [1.29, 1.82) is 0 Å². The van der Waals surface area contributed by atoms with Gasteiger partial charge in [0.05, 0.1) is 0 Å². The highest BCUT2D eigenvalue weighted by atomic mass is 15.0. The van der Waals surface area contributed by atoms with Gasteiger partial charge in [0.2, 0.25) is 0 Å². The smallest absolute Gasteiger partial charge is 0.164 e. The van der Waals surface area contributed by atoms with E-state index >= 15 is 0 Å². The van der Waals surface area contributed by atoms with E-state index in [-0.39, 0.29) is 10.8 Å². The van der Waals surface area contributed by atoms with Gasteiger partial charge in [0.1, 0.15) is 0 Å². The summed E-state index contributed by atoms with van der Waals surface area (Å²) in [5, 5.41) is 0. The Morgan fingerprint density at radius 2 is 0.621 bits per heavy atom. The minimum Gasteiger partial charge on any atom is -0.208 e. The molecule has 0 atom stereocenters. The van der Waals surface area contributed by atoms with Crippen LogP contribution in [-0.4, -0.2) is 15.0 Å². The van der Waals surface area contributed by atoms with E-state index in [1.54, 1.807) is 22.3 Å². The molecule has 3 heteroatoms. The molecule has 4 aliphatic carbocycles. The van der Waals surface area contributed by atoms with Gasteiger partial charge in [-0.2, -0.15) is 0 Å². The van der Waals surface area contributed by atoms with Crippen molar-refractivity contribution in [3.63, 3.8) is 0 Å². The molecule has 0 N–H and O–H groups in total. The van der Waals surface area contributed by atoms with E-state index in [9.17, 15) is 0 Å². The van der Waals surface area contributed by atoms with Gasteiger partial charge in [0, 0.05) is 27.5 Å². The third-order valence-corrected chi connectivity index (χ3v) is 15.8. The number of hydrogen-bond donors (Lipinski definition) is 0. The number of aromatic nitrogens is 3. The fraction of sp³-hybridized carbons (Fsp3) is 0.190. The van der Waals surface area contributed by atoms with Gasteiger partial charge in [0.25, 0.3) is 0 Å². The largest absolute Gasteiger partial charge is 0.208 e. The predicted octanol–water partition coefficient (Wildman–Crippen LogP) is 16.3. The lowest BCUT2D eigenvalue weighted by Gasteiger charge is -2.37. The van der Waals surface area contributed by atoms with Crippen molar-refractivity contribution in [3.8, 4) is 89.8 Å². The maximum atomic E-state index is 5.10. The number of hydrogen-bond acceptors (Lipinski definition) is 3. The maximum Gasteiger partial charge on any atom is 0.164 e. The first-order valence-corrected chi connectivity index (χ1v) is 24.3. The minimum atomic E-state index is 0.108. The Balaban J connectivity index is 0.847. The van der Waals surface area contributed by atoms with E-state index in [0.29, 0.717) is 17.5 Å². The van der Waals surface area contributed by atoms with Crippen molar-refractivity contribution in [3.05, 3.63) is 210 Å². The fourth-order valence-electron chi connectivity index (χ4n) is 12.5. The molecule has 9 aromatic rings. The molecule has 66 heavy (non-hydrogen) atoms. The average Bonchev–Trinajstić information content (AvgIpc) is 3.80. The van der Waals surface area contributed by atoms with Gasteiger partial charge in [-0.3, -0.25) is 0 Å². The highest BCUT2D eigenvalue weighted by Crippen LogP contribution is 2.62. The van der Waals surface area contributed by atoms with Gasteiger partial charge < -0.3 is 0 Å². The molecule has 8 aromatic carbocycles. The zero-order chi connectivity index (χ0) is 43.7. The van der Waals surface area contributed by atoms with Gasteiger partial charge >= 0.3 is 0 Å². The Morgan fingerprint density at radius 3 is 1.23 bits per heavy atom. The molecule has 13 rings (SSSR count). The number of fused-ring (bicyclic) bond motifs is 10. The second-order valence-corrected chi connectivity index (χ2v) is 19.3. The molecule has 0 saturated heterocycles. The van der Waals surface area contributed by atoms with E-state index in [1.165, 1.54) is 103 Å². The molecule has 0 radical (unpaired) electrons. The van der Waals surface area contributed by atoms with Gasteiger partial charge in [-0.15, -0.1) is 0 Å². The first kappa shape index (κ1) is 39.2. The van der Waals surface area contributed by atoms with Crippen LogP contribution in [0.4, 0.5) is 0 Å². The highest BCUT2D eigenvalue weighted by Gasteiger charge is 2.49. The molecular weight excluding hydrogens is 799 g/mol. The SMILES string of the molecule is c1ccc(-c2ccc(-c3nc(-c4ccccc4)nc(-c4cccc(-c5ccc(-c6ccc7c(c6)-c6cc8c(cc6C76CCCCC6)-c6ccccc6C86CCCCC6)cc5)c4)n3)cc2)cc1. The lowest BCUT2D eigenvalue weighted by atomic mass is 9.66. The third-order valence-electron chi connectivity index (χ3n) is 15.8. The van der Waals surface area contributed by atoms with Crippen LogP contribution in [0, 0.1) is 0 Å². The fourth-order valence-corrected chi connectivity index (χ4v) is 12.5. The zero-order valence-corrected chi connectivity index (χ0v) is 37.3. The molecule has 2 fully saturated rings. The average molecular weight is 850 g/mol. The summed E-state index contributed by atoms with van der Waals surface area (Å²) in [5.74, 6) is 1.97. The van der Waals surface area contributed by atoms with Gasteiger partial charge in [-0.05, 0) is 128 Å². The number of benzene rings is 8. The minimum absolute atomic E-state index is 0.108. The van der Waals surface area contributed by atoms with E-state index in [4.69, 9.17) is 15.0 Å². The molecule has 0 amide bonds. The van der Waals surface area contributed by atoms with Crippen molar-refractivity contribution in [2.45, 2.75) is 75.0 Å². The van der Waals surface area contributed by atoms with Gasteiger partial charge in [-0.25, -0.2) is 15.0 Å². The van der Waals surface area contributed by atoms with E-state index in [2.05, 4.69) is 164 Å². The van der Waals surface area contributed by atoms with E-state index < -0.39 is 0 Å². The normalized spacial score (nSPS) is 16.1. The molecular formula is C63H51N3. The van der Waals surface area contributed by atoms with Crippen molar-refractivity contribution in [1.82, 2.24) is 15.0 Å². The van der Waals surface area contributed by atoms with Crippen LogP contribution in [0.3, 0.4) is 0 Å². The first-order valence-electron chi connectivity index (χ1n) is 24.3. The monoisotopic (exact) mass is 849 g/mol. The number of nitrogens with zero attached hydrogens (tertiary/aromatic N) is 3. The summed E-state index contributed by atoms with van der Waals surface area (Å²) < 4.78 is 0. The predicted molar refractivity (Wildman–Crippen MR) is 271 cm³/mol. The lowest BCUT2D eigenvalue weighted by molar-refractivity contribution is 0.350. The molecule has 2 spiro atoms. The summed E-state index contributed by atoms with van der Waals surface area (Å²) in [6.07, 6.45) is 12.9. The Hall–Kier alpha value is -7.23. The van der Waals surface area contributed by atoms with Crippen LogP contribution < -0.4 is 0 Å². The molecule has 1 aromatic heterocycles. The van der Waals surface area contributed by atoms with E-state index in [1.807, 2.05) is 24.3 Å². The summed E-state index contributed by atoms with van der Waals surface area (Å²) in [6.45, 7) is 0. The Labute approximate surface area is 388 Å². The Morgan fingerprint density at radius 1 is 0.242 bits per heavy atom. The quantitative estimate of drug-likeness (QED) is 0.167. The molecule has 0 aliphatic heterocycles. The van der Waals surface area contributed by atoms with Crippen molar-refractivity contribution >= 4 is 0 Å². The van der Waals surface area contributed by atoms with Crippen LogP contribution in [0.2, 0.25) is 0 Å².